The van der Waals surface area contributed by atoms with Gasteiger partial charge < -0.3 is 10.7 Å². The molecule has 24 heavy (non-hydrogen) atoms. The van der Waals surface area contributed by atoms with Gasteiger partial charge in [0.05, 0.1) is 17.4 Å². The van der Waals surface area contributed by atoms with E-state index in [9.17, 15) is 4.79 Å². The number of hydrogen-bond acceptors (Lipinski definition) is 4. The number of rotatable bonds is 4. The van der Waals surface area contributed by atoms with Crippen LogP contribution in [0.15, 0.2) is 29.1 Å². The maximum absolute atomic E-state index is 12.3. The second-order valence-corrected chi connectivity index (χ2v) is 7.43. The van der Waals surface area contributed by atoms with E-state index in [1.807, 2.05) is 24.3 Å². The number of hydrogen-bond donors (Lipinski definition) is 2. The predicted octanol–water partition coefficient (Wildman–Crippen LogP) is 2.41. The molecular formula is C19H26N4O. The van der Waals surface area contributed by atoms with Crippen molar-refractivity contribution in [2.24, 2.45) is 11.1 Å². The minimum atomic E-state index is -0.0404. The highest BCUT2D eigenvalue weighted by Crippen LogP contribution is 2.47. The van der Waals surface area contributed by atoms with Crippen LogP contribution in [0.2, 0.25) is 0 Å². The molecule has 2 fully saturated rings. The maximum atomic E-state index is 12.3. The number of aromatic nitrogens is 2. The lowest BCUT2D eigenvalue weighted by atomic mass is 9.62. The monoisotopic (exact) mass is 326 g/mol. The van der Waals surface area contributed by atoms with Crippen molar-refractivity contribution in [1.82, 2.24) is 14.9 Å². The van der Waals surface area contributed by atoms with E-state index < -0.39 is 0 Å². The van der Waals surface area contributed by atoms with Gasteiger partial charge in [-0.2, -0.15) is 0 Å². The molecule has 1 saturated heterocycles. The fourth-order valence-electron chi connectivity index (χ4n) is 4.58. The van der Waals surface area contributed by atoms with Gasteiger partial charge in [0, 0.05) is 6.04 Å². The molecule has 4 rings (SSSR count). The highest BCUT2D eigenvalue weighted by atomic mass is 16.1. The van der Waals surface area contributed by atoms with E-state index in [2.05, 4.69) is 14.9 Å². The molecule has 2 aliphatic rings. The van der Waals surface area contributed by atoms with E-state index >= 15 is 0 Å². The van der Waals surface area contributed by atoms with Crippen molar-refractivity contribution in [1.29, 1.82) is 0 Å². The first-order chi connectivity index (χ1) is 11.7. The number of para-hydroxylation sites is 1. The zero-order valence-electron chi connectivity index (χ0n) is 14.1. The summed E-state index contributed by atoms with van der Waals surface area (Å²) in [5.74, 6) is 0.775. The maximum Gasteiger partial charge on any atom is 0.258 e. The Morgan fingerprint density at radius 1 is 1.25 bits per heavy atom. The Balaban J connectivity index is 1.62. The van der Waals surface area contributed by atoms with Crippen LogP contribution in [-0.4, -0.2) is 34.0 Å². The Morgan fingerprint density at radius 3 is 2.83 bits per heavy atom. The van der Waals surface area contributed by atoms with Crippen molar-refractivity contribution in [3.05, 3.63) is 40.4 Å². The van der Waals surface area contributed by atoms with Crippen LogP contribution >= 0.6 is 0 Å². The number of H-pyrrole nitrogens is 1. The summed E-state index contributed by atoms with van der Waals surface area (Å²) in [4.78, 5) is 22.5. The summed E-state index contributed by atoms with van der Waals surface area (Å²) in [6.45, 7) is 2.56. The zero-order chi connectivity index (χ0) is 16.6. The first kappa shape index (κ1) is 15.8. The second kappa shape index (κ2) is 6.30. The molecule has 3 N–H and O–H groups in total. The van der Waals surface area contributed by atoms with Crippen LogP contribution in [0, 0.1) is 5.41 Å². The third kappa shape index (κ3) is 2.66. The fourth-order valence-corrected chi connectivity index (χ4v) is 4.58. The predicted molar refractivity (Wildman–Crippen MR) is 95.8 cm³/mol. The highest BCUT2D eigenvalue weighted by Gasteiger charge is 2.46. The Kier molecular flexibility index (Phi) is 4.14. The number of benzene rings is 1. The van der Waals surface area contributed by atoms with Crippen molar-refractivity contribution in [2.45, 2.75) is 51.1 Å². The molecule has 128 valence electrons. The SMILES string of the molecule is NCC1(C2CCCCN2Cc2nc3ccccc3c(=O)[nH]2)CCC1. The first-order valence-corrected chi connectivity index (χ1v) is 9.14. The third-order valence-corrected chi connectivity index (χ3v) is 6.09. The van der Waals surface area contributed by atoms with E-state index in [4.69, 9.17) is 5.73 Å². The van der Waals surface area contributed by atoms with Gasteiger partial charge in [-0.15, -0.1) is 0 Å². The van der Waals surface area contributed by atoms with Crippen molar-refractivity contribution in [2.75, 3.05) is 13.1 Å². The Bertz CT molecular complexity index is 775. The van der Waals surface area contributed by atoms with Gasteiger partial charge in [-0.3, -0.25) is 9.69 Å². The number of piperidine rings is 1. The standard InChI is InChI=1S/C19H26N4O/c20-13-19(9-5-10-19)16-8-3-4-11-23(16)12-17-21-15-7-2-1-6-14(15)18(24)22-17/h1-2,6-7,16H,3-5,8-13,20H2,(H,21,22,24). The minimum absolute atomic E-state index is 0.0404. The second-order valence-electron chi connectivity index (χ2n) is 7.43. The molecule has 0 bridgehead atoms. The van der Waals surface area contributed by atoms with Gasteiger partial charge in [-0.25, -0.2) is 4.98 Å². The first-order valence-electron chi connectivity index (χ1n) is 9.14. The van der Waals surface area contributed by atoms with Crippen LogP contribution in [0.1, 0.15) is 44.3 Å². The summed E-state index contributed by atoms with van der Waals surface area (Å²) >= 11 is 0. The van der Waals surface area contributed by atoms with E-state index in [0.717, 1.165) is 24.4 Å². The molecule has 5 heteroatoms. The van der Waals surface area contributed by atoms with Crippen molar-refractivity contribution in [3.8, 4) is 0 Å². The van der Waals surface area contributed by atoms with Gasteiger partial charge in [0.15, 0.2) is 0 Å². The normalized spacial score (nSPS) is 24.0. The number of aromatic amines is 1. The van der Waals surface area contributed by atoms with Gasteiger partial charge >= 0.3 is 0 Å². The number of likely N-dealkylation sites (tertiary alicyclic amines) is 1. The molecule has 0 amide bonds. The summed E-state index contributed by atoms with van der Waals surface area (Å²) in [5, 5.41) is 0.661. The van der Waals surface area contributed by atoms with E-state index in [1.54, 1.807) is 0 Å². The number of nitrogens with zero attached hydrogens (tertiary/aromatic N) is 2. The van der Waals surface area contributed by atoms with Crippen LogP contribution < -0.4 is 11.3 Å². The smallest absolute Gasteiger partial charge is 0.258 e. The Hall–Kier alpha value is -1.72. The molecule has 2 heterocycles. The fraction of sp³-hybridized carbons (Fsp3) is 0.579. The lowest BCUT2D eigenvalue weighted by molar-refractivity contribution is -0.0217. The summed E-state index contributed by atoms with van der Waals surface area (Å²) in [6.07, 6.45) is 7.50. The van der Waals surface area contributed by atoms with Crippen LogP contribution in [0.5, 0.6) is 0 Å². The van der Waals surface area contributed by atoms with Gasteiger partial charge in [0.1, 0.15) is 5.82 Å². The molecule has 5 nitrogen and oxygen atoms in total. The molecule has 0 spiro atoms. The molecule has 2 aromatic rings. The molecule has 0 radical (unpaired) electrons. The average Bonchev–Trinajstić information content (AvgIpc) is 2.56. The molecule has 1 saturated carbocycles. The lowest BCUT2D eigenvalue weighted by Gasteiger charge is -2.53. The van der Waals surface area contributed by atoms with Crippen molar-refractivity contribution in [3.63, 3.8) is 0 Å². The molecule has 1 atom stereocenters. The van der Waals surface area contributed by atoms with Gasteiger partial charge in [-0.1, -0.05) is 25.0 Å². The molecule has 1 aliphatic carbocycles. The largest absolute Gasteiger partial charge is 0.330 e. The number of nitrogens with one attached hydrogen (secondary N) is 1. The number of fused-ring (bicyclic) bond motifs is 1. The van der Waals surface area contributed by atoms with Gasteiger partial charge in [0.25, 0.3) is 5.56 Å². The van der Waals surface area contributed by atoms with Crippen LogP contribution in [0.25, 0.3) is 10.9 Å². The quantitative estimate of drug-likeness (QED) is 0.905. The van der Waals surface area contributed by atoms with Crippen LogP contribution in [-0.2, 0) is 6.54 Å². The van der Waals surface area contributed by atoms with Crippen LogP contribution in [0.4, 0.5) is 0 Å². The molecule has 1 aromatic carbocycles. The minimum Gasteiger partial charge on any atom is -0.330 e. The van der Waals surface area contributed by atoms with E-state index in [0.29, 0.717) is 18.0 Å². The molecule has 1 aliphatic heterocycles. The summed E-state index contributed by atoms with van der Waals surface area (Å²) < 4.78 is 0. The molecule has 1 unspecified atom stereocenters. The Morgan fingerprint density at radius 2 is 2.08 bits per heavy atom. The number of nitrogens with two attached hydrogens (primary N) is 1. The topological polar surface area (TPSA) is 75.0 Å². The van der Waals surface area contributed by atoms with Crippen molar-refractivity contribution < 1.29 is 0 Å². The Labute approximate surface area is 142 Å². The van der Waals surface area contributed by atoms with Gasteiger partial charge in [-0.05, 0) is 56.3 Å². The highest BCUT2D eigenvalue weighted by molar-refractivity contribution is 5.77. The molecule has 1 aromatic heterocycles. The summed E-state index contributed by atoms with van der Waals surface area (Å²) in [7, 11) is 0. The van der Waals surface area contributed by atoms with Gasteiger partial charge in [0.2, 0.25) is 0 Å². The molecular weight excluding hydrogens is 300 g/mol. The van der Waals surface area contributed by atoms with E-state index in [-0.39, 0.29) is 11.0 Å². The van der Waals surface area contributed by atoms with Crippen molar-refractivity contribution >= 4 is 10.9 Å². The third-order valence-electron chi connectivity index (χ3n) is 6.09. The van der Waals surface area contributed by atoms with E-state index in [1.165, 1.54) is 38.5 Å². The summed E-state index contributed by atoms with van der Waals surface area (Å²) in [6, 6.07) is 8.07. The average molecular weight is 326 g/mol. The zero-order valence-corrected chi connectivity index (χ0v) is 14.1. The lowest BCUT2D eigenvalue weighted by Crippen LogP contribution is -2.56. The summed E-state index contributed by atoms with van der Waals surface area (Å²) in [5.41, 5.74) is 7.18. The van der Waals surface area contributed by atoms with Crippen LogP contribution in [0.3, 0.4) is 0 Å².